The summed E-state index contributed by atoms with van der Waals surface area (Å²) in [6, 6.07) is 13.9. The number of carbonyl (C=O) groups excluding carboxylic acids is 1. The molecule has 1 aliphatic rings. The monoisotopic (exact) mass is 406 g/mol. The van der Waals surface area contributed by atoms with Crippen molar-refractivity contribution < 1.29 is 14.3 Å². The smallest absolute Gasteiger partial charge is 0.317 e. The zero-order valence-electron chi connectivity index (χ0n) is 17.3. The Morgan fingerprint density at radius 2 is 1.80 bits per heavy atom. The second-order valence-corrected chi connectivity index (χ2v) is 7.28. The highest BCUT2D eigenvalue weighted by molar-refractivity contribution is 5.74. The lowest BCUT2D eigenvalue weighted by molar-refractivity contribution is 0.191. The minimum atomic E-state index is -0.0654. The standard InChI is InChI=1S/C23H26N4O3/c1-29-21-12-17-8-11-26(15-20(17)13-22(21)30-2)23(28)24-14-18-6-3-4-7-19(18)16-27-10-5-9-25-27/h3-7,9-10,12-13H,8,11,14-16H2,1-2H3,(H,24,28). The molecule has 7 heteroatoms. The molecular formula is C23H26N4O3. The lowest BCUT2D eigenvalue weighted by Gasteiger charge is -2.30. The molecule has 7 nitrogen and oxygen atoms in total. The van der Waals surface area contributed by atoms with Crippen LogP contribution in [0.4, 0.5) is 4.79 Å². The average Bonchev–Trinajstić information content (AvgIpc) is 3.30. The lowest BCUT2D eigenvalue weighted by Crippen LogP contribution is -2.42. The number of nitrogens with one attached hydrogen (secondary N) is 1. The fourth-order valence-electron chi connectivity index (χ4n) is 3.79. The summed E-state index contributed by atoms with van der Waals surface area (Å²) in [4.78, 5) is 14.7. The van der Waals surface area contributed by atoms with E-state index in [0.717, 1.165) is 28.9 Å². The van der Waals surface area contributed by atoms with Gasteiger partial charge in [0.25, 0.3) is 0 Å². The zero-order chi connectivity index (χ0) is 20.9. The quantitative estimate of drug-likeness (QED) is 0.683. The van der Waals surface area contributed by atoms with Crippen LogP contribution in [0.25, 0.3) is 0 Å². The summed E-state index contributed by atoms with van der Waals surface area (Å²) in [7, 11) is 3.26. The minimum absolute atomic E-state index is 0.0654. The molecule has 0 aliphatic carbocycles. The predicted molar refractivity (Wildman–Crippen MR) is 114 cm³/mol. The molecule has 0 radical (unpaired) electrons. The van der Waals surface area contributed by atoms with Gasteiger partial charge < -0.3 is 19.7 Å². The molecular weight excluding hydrogens is 380 g/mol. The van der Waals surface area contributed by atoms with Crippen molar-refractivity contribution in [2.24, 2.45) is 0 Å². The number of hydrogen-bond acceptors (Lipinski definition) is 4. The van der Waals surface area contributed by atoms with Gasteiger partial charge in [-0.25, -0.2) is 4.79 Å². The third-order valence-corrected chi connectivity index (χ3v) is 5.45. The van der Waals surface area contributed by atoms with E-state index in [2.05, 4.69) is 16.5 Å². The van der Waals surface area contributed by atoms with Gasteiger partial charge in [-0.2, -0.15) is 5.10 Å². The second kappa shape index (κ2) is 8.90. The van der Waals surface area contributed by atoms with Gasteiger partial charge in [0, 0.05) is 32.0 Å². The number of carbonyl (C=O) groups is 1. The first kappa shape index (κ1) is 19.8. The summed E-state index contributed by atoms with van der Waals surface area (Å²) in [5.41, 5.74) is 4.52. The third-order valence-electron chi connectivity index (χ3n) is 5.45. The number of nitrogens with zero attached hydrogens (tertiary/aromatic N) is 3. The number of ether oxygens (including phenoxy) is 2. The number of methoxy groups -OCH3 is 2. The van der Waals surface area contributed by atoms with E-state index >= 15 is 0 Å². The molecule has 0 atom stereocenters. The van der Waals surface area contributed by atoms with Crippen LogP contribution in [0.5, 0.6) is 11.5 Å². The van der Waals surface area contributed by atoms with Crippen LogP contribution >= 0.6 is 0 Å². The topological polar surface area (TPSA) is 68.6 Å². The summed E-state index contributed by atoms with van der Waals surface area (Å²) in [5.74, 6) is 1.41. The van der Waals surface area contributed by atoms with Crippen molar-refractivity contribution in [1.82, 2.24) is 20.0 Å². The molecule has 1 N–H and O–H groups in total. The maximum absolute atomic E-state index is 12.8. The van der Waals surface area contributed by atoms with Gasteiger partial charge >= 0.3 is 6.03 Å². The largest absolute Gasteiger partial charge is 0.493 e. The Morgan fingerprint density at radius 1 is 1.07 bits per heavy atom. The predicted octanol–water partition coefficient (Wildman–Crippen LogP) is 3.22. The van der Waals surface area contributed by atoms with Crippen molar-refractivity contribution in [3.05, 3.63) is 77.1 Å². The molecule has 3 aromatic rings. The van der Waals surface area contributed by atoms with E-state index in [1.165, 1.54) is 5.56 Å². The average molecular weight is 406 g/mol. The molecule has 30 heavy (non-hydrogen) atoms. The van der Waals surface area contributed by atoms with Gasteiger partial charge in [0.15, 0.2) is 11.5 Å². The molecule has 156 valence electrons. The van der Waals surface area contributed by atoms with Gasteiger partial charge in [-0.3, -0.25) is 4.68 Å². The fourth-order valence-corrected chi connectivity index (χ4v) is 3.79. The molecule has 0 fully saturated rings. The minimum Gasteiger partial charge on any atom is -0.493 e. The normalized spacial score (nSPS) is 12.9. The Hall–Kier alpha value is -3.48. The van der Waals surface area contributed by atoms with E-state index in [1.54, 1.807) is 20.4 Å². The Balaban J connectivity index is 1.41. The first-order valence-electron chi connectivity index (χ1n) is 9.98. The maximum atomic E-state index is 12.8. The van der Waals surface area contributed by atoms with Crippen molar-refractivity contribution in [3.8, 4) is 11.5 Å². The van der Waals surface area contributed by atoms with Crippen molar-refractivity contribution in [3.63, 3.8) is 0 Å². The van der Waals surface area contributed by atoms with Gasteiger partial charge in [0.2, 0.25) is 0 Å². The van der Waals surface area contributed by atoms with Crippen molar-refractivity contribution in [1.29, 1.82) is 0 Å². The number of benzene rings is 2. The molecule has 2 amide bonds. The third kappa shape index (κ3) is 4.25. The fraction of sp³-hybridized carbons (Fsp3) is 0.304. The Labute approximate surface area is 176 Å². The van der Waals surface area contributed by atoms with Crippen LogP contribution in [0, 0.1) is 0 Å². The van der Waals surface area contributed by atoms with Crippen LogP contribution in [0.3, 0.4) is 0 Å². The maximum Gasteiger partial charge on any atom is 0.317 e. The van der Waals surface area contributed by atoms with Gasteiger partial charge in [-0.1, -0.05) is 24.3 Å². The van der Waals surface area contributed by atoms with E-state index in [9.17, 15) is 4.79 Å². The van der Waals surface area contributed by atoms with E-state index in [1.807, 2.05) is 52.2 Å². The van der Waals surface area contributed by atoms with Crippen LogP contribution in [0.2, 0.25) is 0 Å². The molecule has 0 unspecified atom stereocenters. The van der Waals surface area contributed by atoms with Crippen LogP contribution < -0.4 is 14.8 Å². The van der Waals surface area contributed by atoms with Crippen LogP contribution in [-0.4, -0.2) is 41.5 Å². The number of hydrogen-bond donors (Lipinski definition) is 1. The van der Waals surface area contributed by atoms with E-state index in [4.69, 9.17) is 9.47 Å². The number of rotatable bonds is 6. The van der Waals surface area contributed by atoms with E-state index < -0.39 is 0 Å². The molecule has 1 aliphatic heterocycles. The van der Waals surface area contributed by atoms with Crippen LogP contribution in [0.15, 0.2) is 54.9 Å². The number of amides is 2. The summed E-state index contributed by atoms with van der Waals surface area (Å²) in [6.45, 7) is 2.38. The highest BCUT2D eigenvalue weighted by Crippen LogP contribution is 2.33. The van der Waals surface area contributed by atoms with Crippen molar-refractivity contribution in [2.75, 3.05) is 20.8 Å². The Kier molecular flexibility index (Phi) is 5.88. The highest BCUT2D eigenvalue weighted by Gasteiger charge is 2.22. The van der Waals surface area contributed by atoms with E-state index in [-0.39, 0.29) is 6.03 Å². The number of urea groups is 1. The number of aromatic nitrogens is 2. The summed E-state index contributed by atoms with van der Waals surface area (Å²) < 4.78 is 12.7. The molecule has 2 heterocycles. The number of fused-ring (bicyclic) bond motifs is 1. The van der Waals surface area contributed by atoms with Gasteiger partial charge in [0.1, 0.15) is 0 Å². The van der Waals surface area contributed by atoms with Gasteiger partial charge in [0.05, 0.1) is 20.8 Å². The van der Waals surface area contributed by atoms with Gasteiger partial charge in [-0.05, 0) is 46.9 Å². The molecule has 0 bridgehead atoms. The first-order chi connectivity index (χ1) is 14.7. The highest BCUT2D eigenvalue weighted by atomic mass is 16.5. The van der Waals surface area contributed by atoms with Crippen molar-refractivity contribution >= 4 is 6.03 Å². The Bertz CT molecular complexity index is 1020. The summed E-state index contributed by atoms with van der Waals surface area (Å²) in [5, 5.41) is 7.34. The molecule has 2 aromatic carbocycles. The summed E-state index contributed by atoms with van der Waals surface area (Å²) >= 11 is 0. The zero-order valence-corrected chi connectivity index (χ0v) is 17.3. The molecule has 1 aromatic heterocycles. The van der Waals surface area contributed by atoms with Crippen molar-refractivity contribution in [2.45, 2.75) is 26.1 Å². The van der Waals surface area contributed by atoms with E-state index in [0.29, 0.717) is 31.9 Å². The molecule has 0 spiro atoms. The summed E-state index contributed by atoms with van der Waals surface area (Å²) in [6.07, 6.45) is 4.49. The van der Waals surface area contributed by atoms with Crippen LogP contribution in [0.1, 0.15) is 22.3 Å². The van der Waals surface area contributed by atoms with Gasteiger partial charge in [-0.15, -0.1) is 0 Å². The second-order valence-electron chi connectivity index (χ2n) is 7.28. The SMILES string of the molecule is COc1cc2c(cc1OC)CN(C(=O)NCc1ccccc1Cn1cccn1)CC2. The molecule has 0 saturated heterocycles. The van der Waals surface area contributed by atoms with Crippen LogP contribution in [-0.2, 0) is 26.1 Å². The molecule has 4 rings (SSSR count). The molecule has 0 saturated carbocycles. The first-order valence-corrected chi connectivity index (χ1v) is 9.98. The Morgan fingerprint density at radius 3 is 2.50 bits per heavy atom. The lowest BCUT2D eigenvalue weighted by atomic mass is 9.99.